The molecule has 0 N–H and O–H groups in total. The van der Waals surface area contributed by atoms with Crippen LogP contribution in [0.4, 0.5) is 34.1 Å². The average Bonchev–Trinajstić information content (AvgIpc) is 3.60. The summed E-state index contributed by atoms with van der Waals surface area (Å²) in [5, 5.41) is 2.64. The molecule has 0 saturated carbocycles. The van der Waals surface area contributed by atoms with Crippen LogP contribution in [0.1, 0.15) is 80.5 Å². The van der Waals surface area contributed by atoms with E-state index in [0.717, 1.165) is 22.9 Å². The summed E-state index contributed by atoms with van der Waals surface area (Å²) in [5.74, 6) is 1.87. The second kappa shape index (κ2) is 13.6. The van der Waals surface area contributed by atoms with Gasteiger partial charge in [-0.3, -0.25) is 0 Å². The lowest BCUT2D eigenvalue weighted by molar-refractivity contribution is 0.483. The number of hydrogen-bond donors (Lipinski definition) is 0. The summed E-state index contributed by atoms with van der Waals surface area (Å²) in [7, 11) is 0. The number of aromatic nitrogens is 1. The lowest BCUT2D eigenvalue weighted by Gasteiger charge is -2.44. The first-order chi connectivity index (χ1) is 32.0. The highest BCUT2D eigenvalue weighted by Crippen LogP contribution is 2.47. The highest BCUT2D eigenvalue weighted by Gasteiger charge is 2.47. The Morgan fingerprint density at radius 2 is 0.910 bits per heavy atom. The standard InChI is InChI=1S/C61H55B2N3O/c1-34-12-18-41(19-13-34)64-50-23-17-37(4)26-45(50)62-47-32-46-51(33-55(47)67-56-31-40(61(9,10)11)30-54(64)58(56)62)65(42-20-14-35(2)15-21-42)52-28-39(60(6,7)8)29-53-57(52)63(46)48-27-38(5)25-44-43-24-36(3)16-22-49(43)66(53)59(44)48/h12-33H,1-11H3. The molecule has 67 heavy (non-hydrogen) atoms. The maximum absolute atomic E-state index is 7.48. The molecule has 5 heterocycles. The molecule has 0 aliphatic carbocycles. The molecule has 0 fully saturated rings. The number of rotatable bonds is 2. The van der Waals surface area contributed by atoms with Crippen molar-refractivity contribution >= 4 is 102 Å². The molecule has 0 bridgehead atoms. The van der Waals surface area contributed by atoms with E-state index in [-0.39, 0.29) is 24.3 Å². The third-order valence-electron chi connectivity index (χ3n) is 15.4. The van der Waals surface area contributed by atoms with Gasteiger partial charge in [-0.05, 0) is 162 Å². The van der Waals surface area contributed by atoms with Crippen molar-refractivity contribution in [3.05, 3.63) is 172 Å². The molecule has 0 atom stereocenters. The minimum absolute atomic E-state index is 0.0184. The summed E-state index contributed by atoms with van der Waals surface area (Å²) in [6.07, 6.45) is 0. The zero-order valence-electron chi connectivity index (χ0n) is 40.6. The van der Waals surface area contributed by atoms with Gasteiger partial charge in [0.15, 0.2) is 0 Å². The normalized spacial score (nSPS) is 14.2. The molecule has 0 amide bonds. The Hall–Kier alpha value is -6.91. The number of benzene rings is 8. The van der Waals surface area contributed by atoms with Gasteiger partial charge in [-0.15, -0.1) is 0 Å². The van der Waals surface area contributed by atoms with Crippen molar-refractivity contribution in [1.82, 2.24) is 4.57 Å². The zero-order valence-corrected chi connectivity index (χ0v) is 40.6. The highest BCUT2D eigenvalue weighted by molar-refractivity contribution is 7.02. The topological polar surface area (TPSA) is 20.6 Å². The predicted octanol–water partition coefficient (Wildman–Crippen LogP) is 11.9. The lowest BCUT2D eigenvalue weighted by Crippen LogP contribution is -2.64. The maximum atomic E-state index is 7.48. The van der Waals surface area contributed by atoms with E-state index < -0.39 is 0 Å². The first-order valence-electron chi connectivity index (χ1n) is 24.1. The van der Waals surface area contributed by atoms with Gasteiger partial charge < -0.3 is 19.1 Å². The van der Waals surface area contributed by atoms with E-state index in [1.165, 1.54) is 122 Å². The molecule has 0 radical (unpaired) electrons. The van der Waals surface area contributed by atoms with E-state index in [0.29, 0.717) is 0 Å². The van der Waals surface area contributed by atoms with Crippen LogP contribution in [0.3, 0.4) is 0 Å². The molecule has 0 unspecified atom stereocenters. The van der Waals surface area contributed by atoms with Crippen LogP contribution in [-0.2, 0) is 10.8 Å². The molecule has 1 aromatic heterocycles. The van der Waals surface area contributed by atoms with Crippen molar-refractivity contribution in [2.45, 2.75) is 87.0 Å². The van der Waals surface area contributed by atoms with Gasteiger partial charge >= 0.3 is 0 Å². The van der Waals surface area contributed by atoms with E-state index in [1.54, 1.807) is 0 Å². The molecular formula is C61H55B2N3O. The van der Waals surface area contributed by atoms with E-state index in [2.05, 4.69) is 224 Å². The fourth-order valence-electron chi connectivity index (χ4n) is 12.0. The summed E-state index contributed by atoms with van der Waals surface area (Å²) in [5.41, 5.74) is 27.4. The molecule has 4 nitrogen and oxygen atoms in total. The van der Waals surface area contributed by atoms with Crippen LogP contribution >= 0.6 is 0 Å². The van der Waals surface area contributed by atoms with Gasteiger partial charge in [-0.25, -0.2) is 0 Å². The Balaban J connectivity index is 1.16. The average molecular weight is 868 g/mol. The summed E-state index contributed by atoms with van der Waals surface area (Å²) in [6.45, 7) is 25.0. The number of aryl methyl sites for hydroxylation is 5. The van der Waals surface area contributed by atoms with Crippen molar-refractivity contribution in [2.75, 3.05) is 9.80 Å². The maximum Gasteiger partial charge on any atom is 0.256 e. The van der Waals surface area contributed by atoms with Crippen molar-refractivity contribution in [1.29, 1.82) is 0 Å². The van der Waals surface area contributed by atoms with Gasteiger partial charge in [-0.1, -0.05) is 124 Å². The first-order valence-corrected chi connectivity index (χ1v) is 24.1. The van der Waals surface area contributed by atoms with Crippen molar-refractivity contribution < 1.29 is 4.74 Å². The Kier molecular flexibility index (Phi) is 8.19. The van der Waals surface area contributed by atoms with Gasteiger partial charge in [0.2, 0.25) is 0 Å². The minimum atomic E-state index is -0.108. The van der Waals surface area contributed by atoms with Gasteiger partial charge in [0.05, 0.1) is 5.52 Å². The molecular weight excluding hydrogens is 812 g/mol. The van der Waals surface area contributed by atoms with Crippen LogP contribution in [0.25, 0.3) is 27.5 Å². The quantitative estimate of drug-likeness (QED) is 0.162. The van der Waals surface area contributed by atoms with Crippen LogP contribution in [0, 0.1) is 34.6 Å². The largest absolute Gasteiger partial charge is 0.458 e. The predicted molar refractivity (Wildman–Crippen MR) is 287 cm³/mol. The van der Waals surface area contributed by atoms with Crippen LogP contribution in [0.15, 0.2) is 133 Å². The summed E-state index contributed by atoms with van der Waals surface area (Å²) < 4.78 is 10.1. The Morgan fingerprint density at radius 1 is 0.388 bits per heavy atom. The highest BCUT2D eigenvalue weighted by atomic mass is 16.5. The Bertz CT molecular complexity index is 3640. The molecule has 6 heteroatoms. The third-order valence-corrected chi connectivity index (χ3v) is 15.4. The number of fused-ring (bicyclic) bond motifs is 11. The van der Waals surface area contributed by atoms with E-state index >= 15 is 0 Å². The van der Waals surface area contributed by atoms with Gasteiger partial charge in [-0.2, -0.15) is 0 Å². The van der Waals surface area contributed by atoms with Crippen molar-refractivity contribution in [2.24, 2.45) is 0 Å². The molecule has 0 spiro atoms. The fourth-order valence-corrected chi connectivity index (χ4v) is 12.0. The monoisotopic (exact) mass is 867 g/mol. The second-order valence-electron chi connectivity index (χ2n) is 22.3. The van der Waals surface area contributed by atoms with E-state index in [9.17, 15) is 0 Å². The Labute approximate surface area is 396 Å². The Morgan fingerprint density at radius 3 is 1.58 bits per heavy atom. The van der Waals surface area contributed by atoms with E-state index in [4.69, 9.17) is 4.74 Å². The molecule has 4 aliphatic rings. The third kappa shape index (κ3) is 5.75. The fraction of sp³-hybridized carbons (Fsp3) is 0.213. The molecule has 9 aromatic rings. The summed E-state index contributed by atoms with van der Waals surface area (Å²) >= 11 is 0. The number of ether oxygens (including phenoxy) is 1. The number of hydrogen-bond acceptors (Lipinski definition) is 3. The molecule has 326 valence electrons. The van der Waals surface area contributed by atoms with Crippen LogP contribution in [-0.4, -0.2) is 18.0 Å². The number of anilines is 6. The van der Waals surface area contributed by atoms with Gasteiger partial charge in [0.1, 0.15) is 11.5 Å². The smallest absolute Gasteiger partial charge is 0.256 e. The molecule has 4 aliphatic heterocycles. The summed E-state index contributed by atoms with van der Waals surface area (Å²) in [4.78, 5) is 5.05. The van der Waals surface area contributed by atoms with Gasteiger partial charge in [0, 0.05) is 62.2 Å². The zero-order chi connectivity index (χ0) is 46.2. The lowest BCUT2D eigenvalue weighted by atomic mass is 9.30. The first kappa shape index (κ1) is 40.4. The van der Waals surface area contributed by atoms with Gasteiger partial charge in [0.25, 0.3) is 13.4 Å². The van der Waals surface area contributed by atoms with Crippen LogP contribution in [0.5, 0.6) is 11.5 Å². The van der Waals surface area contributed by atoms with Crippen molar-refractivity contribution in [3.8, 4) is 17.2 Å². The van der Waals surface area contributed by atoms with Crippen LogP contribution in [0.2, 0.25) is 0 Å². The molecule has 0 saturated heterocycles. The van der Waals surface area contributed by atoms with E-state index in [1.807, 2.05) is 0 Å². The summed E-state index contributed by atoms with van der Waals surface area (Å²) in [6, 6.07) is 51.9. The van der Waals surface area contributed by atoms with Crippen molar-refractivity contribution in [3.63, 3.8) is 0 Å². The van der Waals surface area contributed by atoms with Crippen LogP contribution < -0.4 is 47.3 Å². The minimum Gasteiger partial charge on any atom is -0.458 e. The molecule has 8 aromatic carbocycles. The SMILES string of the molecule is Cc1ccc(N2c3ccc(C)cc3B3c4cc5c(cc4Oc4cc(C(C)(C)C)cc2c43)N(c2ccc(C)cc2)c2cc(C(C)(C)C)cc3c2B5c2cc(C)cc4c5cc(C)ccc5n-3c24)cc1. The number of nitrogens with zero attached hydrogens (tertiary/aromatic N) is 3. The molecule has 13 rings (SSSR count). The second-order valence-corrected chi connectivity index (χ2v) is 22.3.